The Labute approximate surface area is 131 Å². The van der Waals surface area contributed by atoms with E-state index in [0.29, 0.717) is 6.54 Å². The normalized spacial score (nSPS) is 22.3. The van der Waals surface area contributed by atoms with Crippen molar-refractivity contribution in [3.63, 3.8) is 0 Å². The van der Waals surface area contributed by atoms with Crippen LogP contribution in [0, 0.1) is 5.92 Å². The molecule has 1 aromatic rings. The minimum atomic E-state index is -0.827. The minimum Gasteiger partial charge on any atom is -0.342 e. The van der Waals surface area contributed by atoms with E-state index < -0.39 is 11.6 Å². The average Bonchev–Trinajstić information content (AvgIpc) is 2.75. The number of amides is 2. The molecular weight excluding hydrogens is 340 g/mol. The summed E-state index contributed by atoms with van der Waals surface area (Å²) in [6.45, 7) is 7.93. The number of nitrogens with one attached hydrogen (secondary N) is 1. The number of thiophene rings is 1. The van der Waals surface area contributed by atoms with Gasteiger partial charge in [0.15, 0.2) is 0 Å². The molecule has 0 aliphatic carbocycles. The van der Waals surface area contributed by atoms with Crippen LogP contribution in [0.4, 0.5) is 0 Å². The summed E-state index contributed by atoms with van der Waals surface area (Å²) < 4.78 is 0.984. The first kappa shape index (κ1) is 15.5. The summed E-state index contributed by atoms with van der Waals surface area (Å²) in [7, 11) is 0. The van der Waals surface area contributed by atoms with Crippen molar-refractivity contribution < 1.29 is 9.59 Å². The molecule has 1 aliphatic rings. The molecule has 2 amide bonds. The summed E-state index contributed by atoms with van der Waals surface area (Å²) >= 11 is 5.07. The zero-order valence-electron chi connectivity index (χ0n) is 12.1. The summed E-state index contributed by atoms with van der Waals surface area (Å²) in [5, 5.41) is 4.81. The molecule has 1 atom stereocenters. The maximum atomic E-state index is 12.7. The van der Waals surface area contributed by atoms with E-state index in [1.807, 2.05) is 25.3 Å². The predicted octanol–water partition coefficient (Wildman–Crippen LogP) is 2.77. The van der Waals surface area contributed by atoms with Gasteiger partial charge in [-0.05, 0) is 47.1 Å². The number of rotatable bonds is 3. The summed E-state index contributed by atoms with van der Waals surface area (Å²) in [5.41, 5.74) is -0.827. The molecule has 110 valence electrons. The molecule has 20 heavy (non-hydrogen) atoms. The van der Waals surface area contributed by atoms with Gasteiger partial charge in [-0.3, -0.25) is 9.59 Å². The lowest BCUT2D eigenvalue weighted by atomic mass is 9.91. The second-order valence-corrected chi connectivity index (χ2v) is 7.73. The molecule has 1 aliphatic heterocycles. The van der Waals surface area contributed by atoms with Crippen molar-refractivity contribution in [1.82, 2.24) is 10.2 Å². The molecule has 1 unspecified atom stereocenters. The minimum absolute atomic E-state index is 0.00935. The van der Waals surface area contributed by atoms with Gasteiger partial charge in [0.2, 0.25) is 11.8 Å². The van der Waals surface area contributed by atoms with Crippen molar-refractivity contribution in [3.8, 4) is 0 Å². The molecule has 0 radical (unpaired) electrons. The Morgan fingerprint density at radius 1 is 1.45 bits per heavy atom. The van der Waals surface area contributed by atoms with Crippen molar-refractivity contribution in [2.75, 3.05) is 0 Å². The second-order valence-electron chi connectivity index (χ2n) is 5.87. The van der Waals surface area contributed by atoms with Gasteiger partial charge in [-0.15, -0.1) is 11.3 Å². The van der Waals surface area contributed by atoms with E-state index in [9.17, 15) is 9.59 Å². The smallest absolute Gasteiger partial charge is 0.246 e. The number of nitrogens with zero attached hydrogens (tertiary/aromatic N) is 1. The van der Waals surface area contributed by atoms with Gasteiger partial charge in [-0.25, -0.2) is 0 Å². The molecule has 2 heterocycles. The molecular formula is C14H19BrN2O2S. The number of hydrogen-bond donors (Lipinski definition) is 1. The summed E-state index contributed by atoms with van der Waals surface area (Å²) in [4.78, 5) is 27.7. The van der Waals surface area contributed by atoms with Crippen LogP contribution >= 0.6 is 27.3 Å². The van der Waals surface area contributed by atoms with Crippen LogP contribution in [0.3, 0.4) is 0 Å². The zero-order valence-corrected chi connectivity index (χ0v) is 14.5. The quantitative estimate of drug-likeness (QED) is 0.902. The van der Waals surface area contributed by atoms with Gasteiger partial charge in [0, 0.05) is 9.35 Å². The maximum absolute atomic E-state index is 12.7. The van der Waals surface area contributed by atoms with Gasteiger partial charge in [0.1, 0.15) is 11.6 Å². The van der Waals surface area contributed by atoms with Gasteiger partial charge < -0.3 is 10.2 Å². The van der Waals surface area contributed by atoms with Crippen LogP contribution < -0.4 is 5.32 Å². The number of carbonyl (C=O) groups is 2. The highest BCUT2D eigenvalue weighted by Crippen LogP contribution is 2.30. The third-order valence-electron chi connectivity index (χ3n) is 3.71. The van der Waals surface area contributed by atoms with Crippen LogP contribution in [0.5, 0.6) is 0 Å². The van der Waals surface area contributed by atoms with Crippen molar-refractivity contribution in [2.24, 2.45) is 5.92 Å². The Hall–Kier alpha value is -0.880. The van der Waals surface area contributed by atoms with Crippen LogP contribution in [0.1, 0.15) is 32.6 Å². The molecule has 0 bridgehead atoms. The highest BCUT2D eigenvalue weighted by Gasteiger charge is 2.47. The maximum Gasteiger partial charge on any atom is 0.246 e. The molecule has 0 saturated carbocycles. The van der Waals surface area contributed by atoms with Gasteiger partial charge in [-0.2, -0.15) is 0 Å². The van der Waals surface area contributed by atoms with Crippen molar-refractivity contribution in [2.45, 2.75) is 45.8 Å². The van der Waals surface area contributed by atoms with Gasteiger partial charge in [0.25, 0.3) is 0 Å². The van der Waals surface area contributed by atoms with E-state index in [0.717, 1.165) is 9.35 Å². The first-order chi connectivity index (χ1) is 9.25. The largest absolute Gasteiger partial charge is 0.342 e. The summed E-state index contributed by atoms with van der Waals surface area (Å²) in [6.07, 6.45) is 0. The number of hydrogen-bond acceptors (Lipinski definition) is 3. The fourth-order valence-corrected chi connectivity index (χ4v) is 3.72. The fourth-order valence-electron chi connectivity index (χ4n) is 2.25. The van der Waals surface area contributed by atoms with Crippen LogP contribution in [-0.2, 0) is 16.1 Å². The average molecular weight is 359 g/mol. The first-order valence-electron chi connectivity index (χ1n) is 6.59. The summed E-state index contributed by atoms with van der Waals surface area (Å²) in [5.74, 6) is -0.0230. The monoisotopic (exact) mass is 358 g/mol. The van der Waals surface area contributed by atoms with E-state index in [1.54, 1.807) is 30.1 Å². The van der Waals surface area contributed by atoms with Crippen molar-refractivity contribution in [3.05, 3.63) is 20.8 Å². The summed E-state index contributed by atoms with van der Waals surface area (Å²) in [6, 6.07) is 1.52. The number of carbonyl (C=O) groups excluding carboxylic acids is 2. The molecule has 1 fully saturated rings. The SMILES string of the molecule is CC(C)C1NC(=O)C(C)(C)N(Cc2sccc2Br)C1=O. The third kappa shape index (κ3) is 2.63. The van der Waals surface area contributed by atoms with Crippen molar-refractivity contribution >= 4 is 39.1 Å². The predicted molar refractivity (Wildman–Crippen MR) is 83.4 cm³/mol. The Balaban J connectivity index is 2.33. The first-order valence-corrected chi connectivity index (χ1v) is 8.26. The van der Waals surface area contributed by atoms with Gasteiger partial charge in [-0.1, -0.05) is 13.8 Å². The number of halogens is 1. The van der Waals surface area contributed by atoms with Crippen LogP contribution in [0.25, 0.3) is 0 Å². The highest BCUT2D eigenvalue weighted by molar-refractivity contribution is 9.10. The Morgan fingerprint density at radius 2 is 2.10 bits per heavy atom. The van der Waals surface area contributed by atoms with E-state index in [2.05, 4.69) is 21.2 Å². The Bertz CT molecular complexity index is 539. The van der Waals surface area contributed by atoms with Gasteiger partial charge >= 0.3 is 0 Å². The zero-order chi connectivity index (χ0) is 15.1. The number of piperazine rings is 1. The van der Waals surface area contributed by atoms with Crippen LogP contribution in [-0.4, -0.2) is 28.3 Å². The second kappa shape index (κ2) is 5.48. The molecule has 0 spiro atoms. The van der Waals surface area contributed by atoms with E-state index in [-0.39, 0.29) is 17.7 Å². The molecule has 0 aromatic carbocycles. The molecule has 4 nitrogen and oxygen atoms in total. The Morgan fingerprint density at radius 3 is 2.60 bits per heavy atom. The Kier molecular flexibility index (Phi) is 4.25. The van der Waals surface area contributed by atoms with Crippen LogP contribution in [0.15, 0.2) is 15.9 Å². The third-order valence-corrected chi connectivity index (χ3v) is 5.62. The van der Waals surface area contributed by atoms with E-state index >= 15 is 0 Å². The standard InChI is InChI=1S/C14H19BrN2O2S/c1-8(2)11-12(18)17(14(3,4)13(19)16-11)7-10-9(15)5-6-20-10/h5-6,8,11H,7H2,1-4H3,(H,16,19). The molecule has 1 aromatic heterocycles. The lowest BCUT2D eigenvalue weighted by Gasteiger charge is -2.45. The van der Waals surface area contributed by atoms with E-state index in [4.69, 9.17) is 0 Å². The fraction of sp³-hybridized carbons (Fsp3) is 0.571. The van der Waals surface area contributed by atoms with Crippen molar-refractivity contribution in [1.29, 1.82) is 0 Å². The van der Waals surface area contributed by atoms with Crippen LogP contribution in [0.2, 0.25) is 0 Å². The lowest BCUT2D eigenvalue weighted by Crippen LogP contribution is -2.69. The molecule has 1 N–H and O–H groups in total. The molecule has 2 rings (SSSR count). The highest BCUT2D eigenvalue weighted by atomic mass is 79.9. The van der Waals surface area contributed by atoms with Gasteiger partial charge in [0.05, 0.1) is 6.54 Å². The topological polar surface area (TPSA) is 49.4 Å². The molecule has 6 heteroatoms. The lowest BCUT2D eigenvalue weighted by molar-refractivity contribution is -0.157. The molecule has 1 saturated heterocycles. The van der Waals surface area contributed by atoms with E-state index in [1.165, 1.54) is 0 Å².